The molecule has 0 N–H and O–H groups in total. The highest BCUT2D eigenvalue weighted by atomic mass is 16.2. The highest BCUT2D eigenvalue weighted by molar-refractivity contribution is 6.01. The zero-order valence-electron chi connectivity index (χ0n) is 9.71. The van der Waals surface area contributed by atoms with Gasteiger partial charge in [-0.2, -0.15) is 0 Å². The van der Waals surface area contributed by atoms with Crippen LogP contribution in [0.5, 0.6) is 0 Å². The molecule has 0 aromatic carbocycles. The number of amides is 1. The van der Waals surface area contributed by atoms with E-state index in [0.29, 0.717) is 12.8 Å². The van der Waals surface area contributed by atoms with E-state index in [2.05, 4.69) is 0 Å². The van der Waals surface area contributed by atoms with E-state index in [1.54, 1.807) is 0 Å². The topological polar surface area (TPSA) is 37.4 Å². The monoisotopic (exact) mass is 219 g/mol. The number of nitrogens with zero attached hydrogens (tertiary/aromatic N) is 1. The lowest BCUT2D eigenvalue weighted by Gasteiger charge is -2.35. The summed E-state index contributed by atoms with van der Waals surface area (Å²) in [5.74, 6) is 0.520. The highest BCUT2D eigenvalue weighted by Gasteiger charge is 2.52. The molecular formula is C13H17NO2. The maximum atomic E-state index is 12.0. The minimum atomic E-state index is -0.186. The SMILES string of the molecule is CC1=C2CCCC(=O)N3CCCC23CC1=O. The van der Waals surface area contributed by atoms with Crippen molar-refractivity contribution < 1.29 is 9.59 Å². The summed E-state index contributed by atoms with van der Waals surface area (Å²) in [4.78, 5) is 25.9. The molecule has 0 aromatic rings. The molecule has 2 heterocycles. The van der Waals surface area contributed by atoms with E-state index in [1.807, 2.05) is 11.8 Å². The predicted molar refractivity (Wildman–Crippen MR) is 59.9 cm³/mol. The van der Waals surface area contributed by atoms with E-state index in [1.165, 1.54) is 5.57 Å². The molecule has 3 nitrogen and oxygen atoms in total. The van der Waals surface area contributed by atoms with Gasteiger partial charge in [-0.25, -0.2) is 0 Å². The van der Waals surface area contributed by atoms with Gasteiger partial charge in [0.1, 0.15) is 0 Å². The summed E-state index contributed by atoms with van der Waals surface area (Å²) in [7, 11) is 0. The number of allylic oxidation sites excluding steroid dienone is 1. The molecule has 1 unspecified atom stereocenters. The molecule has 3 heteroatoms. The quantitative estimate of drug-likeness (QED) is 0.623. The van der Waals surface area contributed by atoms with Crippen molar-refractivity contribution in [1.82, 2.24) is 4.90 Å². The molecule has 2 saturated heterocycles. The van der Waals surface area contributed by atoms with Gasteiger partial charge in [0.15, 0.2) is 5.78 Å². The molecule has 0 bridgehead atoms. The fourth-order valence-corrected chi connectivity index (χ4v) is 3.73. The molecule has 1 atom stereocenters. The first-order chi connectivity index (χ1) is 7.65. The van der Waals surface area contributed by atoms with E-state index in [4.69, 9.17) is 0 Å². The third-order valence-electron chi connectivity index (χ3n) is 4.49. The second-order valence-electron chi connectivity index (χ2n) is 5.24. The van der Waals surface area contributed by atoms with Crippen molar-refractivity contribution in [3.63, 3.8) is 0 Å². The molecule has 2 aliphatic heterocycles. The number of carbonyl (C=O) groups is 2. The van der Waals surface area contributed by atoms with Gasteiger partial charge in [-0.3, -0.25) is 9.59 Å². The van der Waals surface area contributed by atoms with Gasteiger partial charge in [-0.1, -0.05) is 0 Å². The number of carbonyl (C=O) groups excluding carboxylic acids is 2. The smallest absolute Gasteiger partial charge is 0.223 e. The van der Waals surface area contributed by atoms with Gasteiger partial charge in [0.05, 0.1) is 5.54 Å². The Morgan fingerprint density at radius 1 is 1.19 bits per heavy atom. The molecular weight excluding hydrogens is 202 g/mol. The van der Waals surface area contributed by atoms with Crippen LogP contribution in [0.1, 0.15) is 45.4 Å². The van der Waals surface area contributed by atoms with Crippen LogP contribution in [0.2, 0.25) is 0 Å². The molecule has 1 amide bonds. The van der Waals surface area contributed by atoms with E-state index in [-0.39, 0.29) is 17.2 Å². The molecule has 16 heavy (non-hydrogen) atoms. The van der Waals surface area contributed by atoms with E-state index in [9.17, 15) is 9.59 Å². The molecule has 3 aliphatic rings. The minimum Gasteiger partial charge on any atom is -0.333 e. The van der Waals surface area contributed by atoms with Gasteiger partial charge in [0, 0.05) is 19.4 Å². The fraction of sp³-hybridized carbons (Fsp3) is 0.692. The average molecular weight is 219 g/mol. The van der Waals surface area contributed by atoms with Crippen molar-refractivity contribution in [3.05, 3.63) is 11.1 Å². The van der Waals surface area contributed by atoms with Crippen LogP contribution in [-0.2, 0) is 9.59 Å². The normalized spacial score (nSPS) is 34.2. The van der Waals surface area contributed by atoms with Crippen molar-refractivity contribution in [3.8, 4) is 0 Å². The highest BCUT2D eigenvalue weighted by Crippen LogP contribution is 2.48. The summed E-state index contributed by atoms with van der Waals surface area (Å²) in [6.45, 7) is 2.79. The summed E-state index contributed by atoms with van der Waals surface area (Å²) in [5.41, 5.74) is 2.04. The maximum absolute atomic E-state index is 12.0. The molecule has 0 aromatic heterocycles. The molecule has 3 rings (SSSR count). The average Bonchev–Trinajstić information content (AvgIpc) is 2.72. The maximum Gasteiger partial charge on any atom is 0.223 e. The first kappa shape index (κ1) is 10.1. The van der Waals surface area contributed by atoms with Crippen molar-refractivity contribution in [2.75, 3.05) is 6.54 Å². The number of Topliss-reactive ketones (excluding diaryl/α,β-unsaturated/α-hetero) is 1. The van der Waals surface area contributed by atoms with E-state index >= 15 is 0 Å². The molecule has 86 valence electrons. The summed E-state index contributed by atoms with van der Waals surface area (Å²) in [6.07, 6.45) is 5.12. The third kappa shape index (κ3) is 1.09. The third-order valence-corrected chi connectivity index (χ3v) is 4.49. The summed E-state index contributed by atoms with van der Waals surface area (Å²) >= 11 is 0. The Morgan fingerprint density at radius 3 is 2.81 bits per heavy atom. The van der Waals surface area contributed by atoms with Gasteiger partial charge in [-0.05, 0) is 43.8 Å². The second-order valence-corrected chi connectivity index (χ2v) is 5.24. The fourth-order valence-electron chi connectivity index (χ4n) is 3.73. The predicted octanol–water partition coefficient (Wildman–Crippen LogP) is 1.82. The van der Waals surface area contributed by atoms with Crippen LogP contribution in [0, 0.1) is 0 Å². The second kappa shape index (κ2) is 3.19. The summed E-state index contributed by atoms with van der Waals surface area (Å²) in [6, 6.07) is 0. The molecule has 1 aliphatic carbocycles. The Labute approximate surface area is 95.5 Å². The summed E-state index contributed by atoms with van der Waals surface area (Å²) < 4.78 is 0. The van der Waals surface area contributed by atoms with Crippen LogP contribution < -0.4 is 0 Å². The molecule has 2 fully saturated rings. The number of ketones is 1. The van der Waals surface area contributed by atoms with Gasteiger partial charge in [0.2, 0.25) is 5.91 Å². The molecule has 1 spiro atoms. The van der Waals surface area contributed by atoms with E-state index < -0.39 is 0 Å². The number of hydrogen-bond donors (Lipinski definition) is 0. The van der Waals surface area contributed by atoms with Crippen molar-refractivity contribution in [2.45, 2.75) is 51.0 Å². The van der Waals surface area contributed by atoms with E-state index in [0.717, 1.165) is 37.8 Å². The largest absolute Gasteiger partial charge is 0.333 e. The Balaban J connectivity index is 2.13. The Morgan fingerprint density at radius 2 is 2.00 bits per heavy atom. The van der Waals surface area contributed by atoms with Crippen LogP contribution in [0.3, 0.4) is 0 Å². The zero-order chi connectivity index (χ0) is 11.3. The van der Waals surface area contributed by atoms with Crippen LogP contribution in [0.15, 0.2) is 11.1 Å². The van der Waals surface area contributed by atoms with Crippen LogP contribution >= 0.6 is 0 Å². The zero-order valence-corrected chi connectivity index (χ0v) is 9.71. The Kier molecular flexibility index (Phi) is 2.00. The Hall–Kier alpha value is -1.12. The number of rotatable bonds is 0. The molecule has 0 saturated carbocycles. The summed E-state index contributed by atoms with van der Waals surface area (Å²) in [5, 5.41) is 0. The first-order valence-corrected chi connectivity index (χ1v) is 6.19. The number of hydrogen-bond acceptors (Lipinski definition) is 2. The van der Waals surface area contributed by atoms with Gasteiger partial charge < -0.3 is 4.90 Å². The van der Waals surface area contributed by atoms with Crippen LogP contribution in [0.4, 0.5) is 0 Å². The first-order valence-electron chi connectivity index (χ1n) is 6.19. The lowest BCUT2D eigenvalue weighted by atomic mass is 9.86. The van der Waals surface area contributed by atoms with Crippen LogP contribution in [-0.4, -0.2) is 28.7 Å². The van der Waals surface area contributed by atoms with Gasteiger partial charge >= 0.3 is 0 Å². The standard InChI is InChI=1S/C13H17NO2/c1-9-10-4-2-5-12(16)14-7-3-6-13(10,14)8-11(9)15/h2-8H2,1H3. The lowest BCUT2D eigenvalue weighted by molar-refractivity contribution is -0.134. The minimum absolute atomic E-state index is 0.186. The molecule has 0 radical (unpaired) electrons. The van der Waals surface area contributed by atoms with Crippen LogP contribution in [0.25, 0.3) is 0 Å². The van der Waals surface area contributed by atoms with Gasteiger partial charge in [0.25, 0.3) is 0 Å². The Bertz CT molecular complexity index is 410. The van der Waals surface area contributed by atoms with Gasteiger partial charge in [-0.15, -0.1) is 0 Å². The van der Waals surface area contributed by atoms with Crippen molar-refractivity contribution in [1.29, 1.82) is 0 Å². The van der Waals surface area contributed by atoms with Crippen molar-refractivity contribution >= 4 is 11.7 Å². The van der Waals surface area contributed by atoms with Crippen molar-refractivity contribution in [2.24, 2.45) is 0 Å². The lowest BCUT2D eigenvalue weighted by Crippen LogP contribution is -2.46.